The second-order valence-electron chi connectivity index (χ2n) is 16.2. The minimum atomic E-state index is 0. The van der Waals surface area contributed by atoms with Crippen molar-refractivity contribution in [1.29, 1.82) is 0 Å². The summed E-state index contributed by atoms with van der Waals surface area (Å²) in [6.07, 6.45) is 10.6. The minimum Gasteiger partial charge on any atom is -1.00 e. The first-order chi connectivity index (χ1) is 22.5. The molecule has 0 N–H and O–H groups in total. The van der Waals surface area contributed by atoms with Crippen LogP contribution in [0.1, 0.15) is 145 Å². The molecule has 7 rings (SSSR count). The van der Waals surface area contributed by atoms with Crippen LogP contribution in [0.25, 0.3) is 22.3 Å². The van der Waals surface area contributed by atoms with Crippen LogP contribution in [-0.4, -0.2) is 3.21 Å². The Balaban J connectivity index is 0.000000229. The number of aryl methyl sites for hydroxylation is 2. The van der Waals surface area contributed by atoms with Gasteiger partial charge in [0.2, 0.25) is 0 Å². The van der Waals surface area contributed by atoms with Crippen LogP contribution in [0.3, 0.4) is 0 Å². The van der Waals surface area contributed by atoms with E-state index in [1.807, 2.05) is 0 Å². The molecule has 0 unspecified atom stereocenters. The largest absolute Gasteiger partial charge is 1.00 e. The maximum absolute atomic E-state index is 3.65. The van der Waals surface area contributed by atoms with Crippen molar-refractivity contribution in [2.75, 3.05) is 0 Å². The third kappa shape index (κ3) is 8.54. The Morgan fingerprint density at radius 1 is 0.780 bits per heavy atom. The van der Waals surface area contributed by atoms with Crippen molar-refractivity contribution in [3.05, 3.63) is 135 Å². The van der Waals surface area contributed by atoms with E-state index in [4.69, 9.17) is 0 Å². The summed E-state index contributed by atoms with van der Waals surface area (Å²) in [5.41, 5.74) is 20.8. The fourth-order valence-corrected chi connectivity index (χ4v) is 8.34. The van der Waals surface area contributed by atoms with Gasteiger partial charge in [0.05, 0.1) is 0 Å². The third-order valence-corrected chi connectivity index (χ3v) is 12.1. The summed E-state index contributed by atoms with van der Waals surface area (Å²) in [7, 11) is 0. The van der Waals surface area contributed by atoms with Crippen molar-refractivity contribution in [3.8, 4) is 11.1 Å². The molecular formula is C47H56Cl2Zr-2. The molecule has 0 saturated carbocycles. The zero-order chi connectivity index (χ0) is 35.2. The molecule has 50 heavy (non-hydrogen) atoms. The molecule has 0 fully saturated rings. The van der Waals surface area contributed by atoms with E-state index in [1.54, 1.807) is 3.21 Å². The monoisotopic (exact) mass is 780 g/mol. The Kier molecular flexibility index (Phi) is 13.7. The maximum atomic E-state index is 3.65. The summed E-state index contributed by atoms with van der Waals surface area (Å²) in [5, 5.41) is 0. The van der Waals surface area contributed by atoms with Crippen LogP contribution in [0.4, 0.5) is 0 Å². The molecule has 0 aliphatic heterocycles. The molecule has 0 bridgehead atoms. The van der Waals surface area contributed by atoms with Gasteiger partial charge in [-0.3, -0.25) is 6.08 Å². The van der Waals surface area contributed by atoms with Crippen LogP contribution in [0.15, 0.2) is 72.8 Å². The minimum absolute atomic E-state index is 0. The van der Waals surface area contributed by atoms with Crippen LogP contribution >= 0.6 is 0 Å². The van der Waals surface area contributed by atoms with Gasteiger partial charge in [-0.1, -0.05) is 111 Å². The number of hydrogen-bond donors (Lipinski definition) is 0. The van der Waals surface area contributed by atoms with Gasteiger partial charge in [0.15, 0.2) is 0 Å². The van der Waals surface area contributed by atoms with Crippen molar-refractivity contribution in [2.24, 2.45) is 0 Å². The van der Waals surface area contributed by atoms with Gasteiger partial charge in [-0.15, -0.1) is 11.6 Å². The zero-order valence-corrected chi connectivity index (χ0v) is 36.5. The first-order valence-electron chi connectivity index (χ1n) is 18.1. The summed E-state index contributed by atoms with van der Waals surface area (Å²) >= 11 is 1.54. The average Bonchev–Trinajstić information content (AvgIpc) is 3.75. The molecule has 0 nitrogen and oxygen atoms in total. The Bertz CT molecular complexity index is 1820. The summed E-state index contributed by atoms with van der Waals surface area (Å²) < 4.78 is 1.55. The summed E-state index contributed by atoms with van der Waals surface area (Å²) in [6, 6.07) is 25.1. The van der Waals surface area contributed by atoms with Gasteiger partial charge in [-0.25, -0.2) is 11.6 Å². The fraction of sp³-hybridized carbons (Fsp3) is 0.404. The maximum Gasteiger partial charge on any atom is -0.0540 e. The molecule has 4 aromatic rings. The molecule has 0 saturated heterocycles. The number of allylic oxidation sites excluding steroid dienone is 4. The fourth-order valence-electron chi connectivity index (χ4n) is 7.93. The first kappa shape index (κ1) is 42.2. The molecule has 3 aliphatic carbocycles. The average molecular weight is 783 g/mol. The third-order valence-electron chi connectivity index (χ3n) is 10.5. The second kappa shape index (κ2) is 16.2. The van der Waals surface area contributed by atoms with E-state index in [1.165, 1.54) is 109 Å². The molecule has 264 valence electrons. The molecule has 0 spiro atoms. The van der Waals surface area contributed by atoms with E-state index in [0.29, 0.717) is 5.41 Å². The van der Waals surface area contributed by atoms with Crippen LogP contribution in [0.2, 0.25) is 0 Å². The van der Waals surface area contributed by atoms with E-state index in [2.05, 4.69) is 162 Å². The van der Waals surface area contributed by atoms with E-state index < -0.39 is 0 Å². The normalized spacial score (nSPS) is 15.3. The molecule has 4 aromatic carbocycles. The van der Waals surface area contributed by atoms with Crippen molar-refractivity contribution in [2.45, 2.75) is 125 Å². The number of fused-ring (bicyclic) bond motifs is 5. The Morgan fingerprint density at radius 2 is 1.36 bits per heavy atom. The summed E-state index contributed by atoms with van der Waals surface area (Å²) in [6.45, 7) is 27.2. The van der Waals surface area contributed by atoms with Gasteiger partial charge >= 0.3 is 76.7 Å². The Hall–Kier alpha value is -2.18. The van der Waals surface area contributed by atoms with E-state index in [0.717, 1.165) is 19.3 Å². The molecule has 0 radical (unpaired) electrons. The van der Waals surface area contributed by atoms with Gasteiger partial charge in [0.1, 0.15) is 0 Å². The molecule has 0 atom stereocenters. The molecular weight excluding hydrogens is 727 g/mol. The SMILES string of the molecule is CC1=[C-]C(C)(C)c2cc3c(cc21)-c1cc2c(cc1C3)C(C)(C)C=C2C.CC[C](=[Zr+2])c1ccccc1.CCc1cc(C(C)(C)C)c(CC)[cH-]1.[Cl-].[Cl-]. The van der Waals surface area contributed by atoms with Gasteiger partial charge in [-0.05, 0) is 58.4 Å². The number of rotatable bonds is 4. The quantitative estimate of drug-likeness (QED) is 0.184. The summed E-state index contributed by atoms with van der Waals surface area (Å²) in [4.78, 5) is 0. The topological polar surface area (TPSA) is 0 Å². The van der Waals surface area contributed by atoms with E-state index in [-0.39, 0.29) is 35.6 Å². The van der Waals surface area contributed by atoms with Gasteiger partial charge in [-0.2, -0.15) is 28.3 Å². The smallest absolute Gasteiger partial charge is 0.0540 e. The molecule has 3 heteroatoms. The van der Waals surface area contributed by atoms with Crippen molar-refractivity contribution < 1.29 is 49.0 Å². The number of halogens is 2. The molecule has 0 aromatic heterocycles. The standard InChI is InChI=1S/C25H25.C13H21.C9H10.2ClH.Zr/c1-14-12-24(3,4)22-8-16-7-17-9-23-19(15(2)13-25(23,5)6)11-21(17)20(16)10-18(14)22;1-6-10-8-11(7-2)12(9-10)13(3,4)5;1-2-6-9-7-4-3-5-8-9;;;/h8-12H,7H2,1-6H3;8-9H,6-7H2,1-5H3;3-5,7-8H,2H2,1H3;2*1H;/q2*-1;;;;+2/p-2. The zero-order valence-electron chi connectivity index (χ0n) is 32.5. The predicted octanol–water partition coefficient (Wildman–Crippen LogP) is 6.45. The van der Waals surface area contributed by atoms with Crippen LogP contribution < -0.4 is 24.8 Å². The number of hydrogen-bond acceptors (Lipinski definition) is 0. The van der Waals surface area contributed by atoms with Crippen LogP contribution in [0.5, 0.6) is 0 Å². The molecule has 3 aliphatic rings. The van der Waals surface area contributed by atoms with Crippen molar-refractivity contribution in [1.82, 2.24) is 0 Å². The Labute approximate surface area is 331 Å². The second-order valence-corrected chi connectivity index (χ2v) is 17.7. The van der Waals surface area contributed by atoms with E-state index in [9.17, 15) is 0 Å². The van der Waals surface area contributed by atoms with E-state index >= 15 is 0 Å². The number of benzene rings is 3. The predicted molar refractivity (Wildman–Crippen MR) is 207 cm³/mol. The Morgan fingerprint density at radius 3 is 1.88 bits per heavy atom. The van der Waals surface area contributed by atoms with Gasteiger partial charge in [0, 0.05) is 5.41 Å². The summed E-state index contributed by atoms with van der Waals surface area (Å²) in [5.74, 6) is 0. The van der Waals surface area contributed by atoms with Crippen LogP contribution in [0, 0.1) is 6.08 Å². The van der Waals surface area contributed by atoms with Crippen molar-refractivity contribution >= 4 is 14.4 Å². The van der Waals surface area contributed by atoms with Crippen LogP contribution in [-0.2, 0) is 59.7 Å². The first-order valence-corrected chi connectivity index (χ1v) is 19.3. The van der Waals surface area contributed by atoms with Gasteiger partial charge < -0.3 is 24.8 Å². The molecule has 0 amide bonds. The van der Waals surface area contributed by atoms with Crippen molar-refractivity contribution in [3.63, 3.8) is 0 Å². The van der Waals surface area contributed by atoms with Gasteiger partial charge in [0.25, 0.3) is 0 Å². The molecule has 0 heterocycles.